The molecule has 0 radical (unpaired) electrons. The second-order valence-corrected chi connectivity index (χ2v) is 5.87. The average molecular weight is 269 g/mol. The van der Waals surface area contributed by atoms with E-state index in [1.54, 1.807) is 0 Å². The van der Waals surface area contributed by atoms with Crippen LogP contribution in [0.2, 0.25) is 0 Å². The molecule has 1 saturated heterocycles. The first kappa shape index (κ1) is 14.8. The number of carbonyl (C=O) groups excluding carboxylic acids is 1. The average Bonchev–Trinajstić information content (AvgIpc) is 2.37. The quantitative estimate of drug-likeness (QED) is 0.802. The minimum Gasteiger partial charge on any atom is -0.396 e. The lowest BCUT2D eigenvalue weighted by atomic mass is 9.79. The van der Waals surface area contributed by atoms with Gasteiger partial charge in [-0.3, -0.25) is 4.79 Å². The maximum absolute atomic E-state index is 12.4. The third kappa shape index (κ3) is 3.93. The fraction of sp³-hybridized carbons (Fsp3) is 0.933. The van der Waals surface area contributed by atoms with Crippen LogP contribution in [0.1, 0.15) is 51.9 Å². The fourth-order valence-electron chi connectivity index (χ4n) is 3.36. The molecule has 2 rings (SSSR count). The molecule has 4 heteroatoms. The number of piperidine rings is 1. The number of nitrogens with zero attached hydrogens (tertiary/aromatic N) is 1. The second-order valence-electron chi connectivity index (χ2n) is 5.87. The van der Waals surface area contributed by atoms with Gasteiger partial charge in [-0.05, 0) is 51.4 Å². The zero-order valence-electron chi connectivity index (χ0n) is 12.0. The van der Waals surface area contributed by atoms with Crippen molar-refractivity contribution in [1.29, 1.82) is 0 Å². The molecule has 1 N–H and O–H groups in total. The number of ether oxygens (including phenoxy) is 1. The molecule has 0 aromatic heterocycles. The molecular weight excluding hydrogens is 242 g/mol. The summed E-state index contributed by atoms with van der Waals surface area (Å²) in [7, 11) is 0. The predicted molar refractivity (Wildman–Crippen MR) is 73.8 cm³/mol. The number of aliphatic hydroxyl groups excluding tert-OH is 1. The molecule has 0 spiro atoms. The molecule has 2 fully saturated rings. The molecule has 0 aromatic rings. The maximum Gasteiger partial charge on any atom is 0.223 e. The van der Waals surface area contributed by atoms with Crippen LogP contribution in [0.4, 0.5) is 0 Å². The normalized spacial score (nSPS) is 31.1. The number of likely N-dealkylation sites (tertiary alicyclic amines) is 1. The Morgan fingerprint density at radius 1 is 1.37 bits per heavy atom. The first-order chi connectivity index (χ1) is 9.24. The summed E-state index contributed by atoms with van der Waals surface area (Å²) in [6.07, 6.45) is 7.22. The van der Waals surface area contributed by atoms with Gasteiger partial charge in [0, 0.05) is 32.2 Å². The van der Waals surface area contributed by atoms with E-state index in [-0.39, 0.29) is 18.6 Å². The molecule has 110 valence electrons. The summed E-state index contributed by atoms with van der Waals surface area (Å²) < 4.78 is 5.54. The van der Waals surface area contributed by atoms with E-state index in [0.29, 0.717) is 18.4 Å². The van der Waals surface area contributed by atoms with Gasteiger partial charge in [0.2, 0.25) is 5.91 Å². The fourth-order valence-corrected chi connectivity index (χ4v) is 3.36. The van der Waals surface area contributed by atoms with E-state index in [2.05, 4.69) is 0 Å². The number of aliphatic hydroxyl groups is 1. The third-order valence-electron chi connectivity index (χ3n) is 4.47. The maximum atomic E-state index is 12.4. The van der Waals surface area contributed by atoms with E-state index in [1.807, 2.05) is 11.8 Å². The van der Waals surface area contributed by atoms with Crippen LogP contribution >= 0.6 is 0 Å². The molecule has 1 atom stereocenters. The van der Waals surface area contributed by atoms with Crippen molar-refractivity contribution in [3.8, 4) is 0 Å². The largest absolute Gasteiger partial charge is 0.396 e. The molecule has 1 saturated carbocycles. The third-order valence-corrected chi connectivity index (χ3v) is 4.47. The van der Waals surface area contributed by atoms with Gasteiger partial charge in [-0.25, -0.2) is 0 Å². The number of hydrogen-bond acceptors (Lipinski definition) is 3. The molecular formula is C15H27NO3. The molecule has 1 unspecified atom stereocenters. The van der Waals surface area contributed by atoms with Gasteiger partial charge in [0.15, 0.2) is 0 Å². The standard InChI is InChI=1S/C15H27NO3/c1-2-19-14-9-12(10-14)11-15(18)16-7-4-3-5-13(16)6-8-17/h12-14,17H,2-11H2,1H3. The monoisotopic (exact) mass is 269 g/mol. The van der Waals surface area contributed by atoms with Gasteiger partial charge in [0.1, 0.15) is 0 Å². The molecule has 1 aliphatic carbocycles. The van der Waals surface area contributed by atoms with Crippen molar-refractivity contribution in [1.82, 2.24) is 4.90 Å². The van der Waals surface area contributed by atoms with Gasteiger partial charge in [-0.2, -0.15) is 0 Å². The summed E-state index contributed by atoms with van der Waals surface area (Å²) in [6, 6.07) is 0.272. The zero-order chi connectivity index (χ0) is 13.7. The number of rotatable bonds is 6. The highest BCUT2D eigenvalue weighted by Gasteiger charge is 2.34. The first-order valence-corrected chi connectivity index (χ1v) is 7.76. The molecule has 4 nitrogen and oxygen atoms in total. The highest BCUT2D eigenvalue weighted by Crippen LogP contribution is 2.34. The summed E-state index contributed by atoms with van der Waals surface area (Å²) in [5, 5.41) is 9.10. The molecule has 0 bridgehead atoms. The van der Waals surface area contributed by atoms with Gasteiger partial charge in [-0.15, -0.1) is 0 Å². The summed E-state index contributed by atoms with van der Waals surface area (Å²) in [5.74, 6) is 0.804. The van der Waals surface area contributed by atoms with Crippen molar-refractivity contribution < 1.29 is 14.6 Å². The lowest BCUT2D eigenvalue weighted by molar-refractivity contribution is -0.138. The molecule has 1 amide bonds. The van der Waals surface area contributed by atoms with Crippen LogP contribution in [0.25, 0.3) is 0 Å². The van der Waals surface area contributed by atoms with E-state index in [0.717, 1.165) is 45.3 Å². The molecule has 1 aliphatic heterocycles. The van der Waals surface area contributed by atoms with Gasteiger partial charge < -0.3 is 14.7 Å². The summed E-state index contributed by atoms with van der Waals surface area (Å²) in [5.41, 5.74) is 0. The lowest BCUT2D eigenvalue weighted by Crippen LogP contribution is -2.46. The summed E-state index contributed by atoms with van der Waals surface area (Å²) in [4.78, 5) is 14.4. The van der Waals surface area contributed by atoms with Crippen LogP contribution in [0.3, 0.4) is 0 Å². The van der Waals surface area contributed by atoms with Gasteiger partial charge >= 0.3 is 0 Å². The Bertz CT molecular complexity index is 287. The van der Waals surface area contributed by atoms with Crippen molar-refractivity contribution >= 4 is 5.91 Å². The Morgan fingerprint density at radius 3 is 2.84 bits per heavy atom. The van der Waals surface area contributed by atoms with E-state index in [4.69, 9.17) is 9.84 Å². The molecule has 0 aromatic carbocycles. The van der Waals surface area contributed by atoms with Gasteiger partial charge in [0.25, 0.3) is 0 Å². The number of hydrogen-bond donors (Lipinski definition) is 1. The minimum atomic E-state index is 0.185. The van der Waals surface area contributed by atoms with Crippen molar-refractivity contribution in [2.24, 2.45) is 5.92 Å². The smallest absolute Gasteiger partial charge is 0.223 e. The molecule has 2 aliphatic rings. The SMILES string of the molecule is CCOC1CC(CC(=O)N2CCCCC2CCO)C1. The summed E-state index contributed by atoms with van der Waals surface area (Å²) >= 11 is 0. The Hall–Kier alpha value is -0.610. The molecule has 19 heavy (non-hydrogen) atoms. The van der Waals surface area contributed by atoms with Crippen molar-refractivity contribution in [2.75, 3.05) is 19.8 Å². The van der Waals surface area contributed by atoms with Gasteiger partial charge in [-0.1, -0.05) is 0 Å². The Kier molecular flexibility index (Phi) is 5.64. The predicted octanol–water partition coefficient (Wildman–Crippen LogP) is 1.96. The van der Waals surface area contributed by atoms with Gasteiger partial charge in [0.05, 0.1) is 6.10 Å². The minimum absolute atomic E-state index is 0.185. The van der Waals surface area contributed by atoms with Crippen LogP contribution in [0, 0.1) is 5.92 Å². The Balaban J connectivity index is 1.75. The second kappa shape index (κ2) is 7.25. The highest BCUT2D eigenvalue weighted by molar-refractivity contribution is 5.77. The zero-order valence-corrected chi connectivity index (χ0v) is 12.0. The van der Waals surface area contributed by atoms with Crippen LogP contribution in [-0.4, -0.2) is 47.8 Å². The van der Waals surface area contributed by atoms with Crippen molar-refractivity contribution in [2.45, 2.75) is 64.0 Å². The number of amides is 1. The van der Waals surface area contributed by atoms with Crippen LogP contribution in [-0.2, 0) is 9.53 Å². The van der Waals surface area contributed by atoms with Crippen molar-refractivity contribution in [3.05, 3.63) is 0 Å². The lowest BCUT2D eigenvalue weighted by Gasteiger charge is -2.39. The highest BCUT2D eigenvalue weighted by atomic mass is 16.5. The van der Waals surface area contributed by atoms with Crippen molar-refractivity contribution in [3.63, 3.8) is 0 Å². The summed E-state index contributed by atoms with van der Waals surface area (Å²) in [6.45, 7) is 3.86. The Morgan fingerprint density at radius 2 is 2.16 bits per heavy atom. The van der Waals surface area contributed by atoms with E-state index in [9.17, 15) is 4.79 Å². The van der Waals surface area contributed by atoms with Crippen LogP contribution < -0.4 is 0 Å². The van der Waals surface area contributed by atoms with Crippen LogP contribution in [0.15, 0.2) is 0 Å². The molecule has 1 heterocycles. The first-order valence-electron chi connectivity index (χ1n) is 7.76. The van der Waals surface area contributed by atoms with Crippen LogP contribution in [0.5, 0.6) is 0 Å². The van der Waals surface area contributed by atoms with E-state index < -0.39 is 0 Å². The number of carbonyl (C=O) groups is 1. The Labute approximate surface area is 116 Å². The topological polar surface area (TPSA) is 49.8 Å². The van der Waals surface area contributed by atoms with E-state index in [1.165, 1.54) is 6.42 Å². The van der Waals surface area contributed by atoms with E-state index >= 15 is 0 Å².